The van der Waals surface area contributed by atoms with Gasteiger partial charge in [-0.05, 0) is 54.4 Å². The lowest BCUT2D eigenvalue weighted by Gasteiger charge is -2.44. The van der Waals surface area contributed by atoms with Crippen LogP contribution >= 0.6 is 27.5 Å². The normalized spacial score (nSPS) is 21.0. The highest BCUT2D eigenvalue weighted by molar-refractivity contribution is 9.10. The van der Waals surface area contributed by atoms with E-state index in [0.29, 0.717) is 10.2 Å². The zero-order chi connectivity index (χ0) is 22.1. The van der Waals surface area contributed by atoms with Gasteiger partial charge in [-0.1, -0.05) is 11.6 Å². The first-order valence-corrected chi connectivity index (χ1v) is 11.6. The molecule has 162 valence electrons. The van der Waals surface area contributed by atoms with Crippen molar-refractivity contribution in [1.82, 2.24) is 14.2 Å². The molecule has 0 aliphatic carbocycles. The first-order chi connectivity index (χ1) is 13.2. The minimum Gasteiger partial charge on any atom is -0.467 e. The van der Waals surface area contributed by atoms with E-state index < -0.39 is 39.8 Å². The van der Waals surface area contributed by atoms with Gasteiger partial charge in [0.2, 0.25) is 10.0 Å². The highest BCUT2D eigenvalue weighted by Gasteiger charge is 2.45. The molecule has 1 amide bonds. The highest BCUT2D eigenvalue weighted by atomic mass is 79.9. The summed E-state index contributed by atoms with van der Waals surface area (Å²) in [5, 5.41) is 0.154. The molecule has 0 spiro atoms. The van der Waals surface area contributed by atoms with Gasteiger partial charge in [0.05, 0.1) is 19.4 Å². The molecule has 0 radical (unpaired) electrons. The maximum Gasteiger partial charge on any atom is 0.411 e. The number of methoxy groups -OCH3 is 1. The molecule has 1 aromatic heterocycles. The SMILES string of the molecule is COC(=O)C1CN(S(C)(=O)=O)C(c2cc(Cl)nc(Br)c2)CN1C(=O)OC(C)(C)C. The molecular weight excluding hydrogens is 490 g/mol. The molecule has 2 heterocycles. The first kappa shape index (κ1) is 23.8. The lowest BCUT2D eigenvalue weighted by molar-refractivity contribution is -0.149. The summed E-state index contributed by atoms with van der Waals surface area (Å²) in [4.78, 5) is 30.3. The van der Waals surface area contributed by atoms with Crippen molar-refractivity contribution in [2.75, 3.05) is 26.5 Å². The van der Waals surface area contributed by atoms with E-state index in [1.54, 1.807) is 26.8 Å². The first-order valence-electron chi connectivity index (χ1n) is 8.60. The summed E-state index contributed by atoms with van der Waals surface area (Å²) in [6.07, 6.45) is 0.292. The lowest BCUT2D eigenvalue weighted by atomic mass is 10.0. The molecule has 9 nitrogen and oxygen atoms in total. The summed E-state index contributed by atoms with van der Waals surface area (Å²) in [6.45, 7) is 4.67. The Morgan fingerprint density at radius 1 is 1.28 bits per heavy atom. The van der Waals surface area contributed by atoms with Crippen LogP contribution in [0.1, 0.15) is 32.4 Å². The number of hydrogen-bond donors (Lipinski definition) is 0. The summed E-state index contributed by atoms with van der Waals surface area (Å²) >= 11 is 9.27. The molecule has 1 saturated heterocycles. The molecular formula is C17H23BrClN3O6S. The summed E-state index contributed by atoms with van der Waals surface area (Å²) < 4.78 is 36.7. The van der Waals surface area contributed by atoms with Gasteiger partial charge in [0.1, 0.15) is 21.4 Å². The Hall–Kier alpha value is -1.43. The maximum atomic E-state index is 12.8. The van der Waals surface area contributed by atoms with E-state index in [0.717, 1.165) is 10.6 Å². The molecule has 0 N–H and O–H groups in total. The van der Waals surface area contributed by atoms with E-state index in [-0.39, 0.29) is 18.2 Å². The quantitative estimate of drug-likeness (QED) is 0.453. The molecule has 1 fully saturated rings. The van der Waals surface area contributed by atoms with Crippen LogP contribution in [0.2, 0.25) is 5.15 Å². The lowest BCUT2D eigenvalue weighted by Crippen LogP contribution is -2.61. The smallest absolute Gasteiger partial charge is 0.411 e. The number of pyridine rings is 1. The molecule has 0 bridgehead atoms. The Morgan fingerprint density at radius 2 is 1.90 bits per heavy atom. The standard InChI is InChI=1S/C17H23BrClN3O6S/c1-17(2,3)28-16(24)21-8-11(10-6-13(18)20-14(19)7-10)22(29(5,25)26)9-12(21)15(23)27-4/h6-7,11-12H,8-9H2,1-5H3. The molecule has 12 heteroatoms. The average Bonchev–Trinajstić information content (AvgIpc) is 2.56. The Labute approximate surface area is 183 Å². The van der Waals surface area contributed by atoms with Crippen molar-refractivity contribution in [2.45, 2.75) is 38.5 Å². The van der Waals surface area contributed by atoms with Crippen LogP contribution in [-0.4, -0.2) is 72.8 Å². The summed E-state index contributed by atoms with van der Waals surface area (Å²) in [5.74, 6) is -0.739. The van der Waals surface area contributed by atoms with Crippen molar-refractivity contribution in [1.29, 1.82) is 0 Å². The van der Waals surface area contributed by atoms with Gasteiger partial charge in [-0.3, -0.25) is 4.90 Å². The van der Waals surface area contributed by atoms with Gasteiger partial charge in [0.25, 0.3) is 0 Å². The van der Waals surface area contributed by atoms with Gasteiger partial charge < -0.3 is 9.47 Å². The zero-order valence-electron chi connectivity index (χ0n) is 16.7. The second-order valence-corrected chi connectivity index (χ2v) is 10.7. The van der Waals surface area contributed by atoms with Crippen LogP contribution in [0.25, 0.3) is 0 Å². The van der Waals surface area contributed by atoms with E-state index in [1.807, 2.05) is 0 Å². The number of hydrogen-bond acceptors (Lipinski definition) is 7. The van der Waals surface area contributed by atoms with Gasteiger partial charge in [0.15, 0.2) is 0 Å². The number of piperazine rings is 1. The van der Waals surface area contributed by atoms with Crippen LogP contribution in [0.3, 0.4) is 0 Å². The Kier molecular flexibility index (Phi) is 7.19. The fourth-order valence-corrected chi connectivity index (χ4v) is 4.81. The maximum absolute atomic E-state index is 12.8. The Bertz CT molecular complexity index is 885. The van der Waals surface area contributed by atoms with E-state index in [4.69, 9.17) is 21.1 Å². The number of halogens is 2. The fraction of sp³-hybridized carbons (Fsp3) is 0.588. The largest absolute Gasteiger partial charge is 0.467 e. The van der Waals surface area contributed by atoms with Crippen molar-refractivity contribution >= 4 is 49.6 Å². The molecule has 2 atom stereocenters. The van der Waals surface area contributed by atoms with E-state index >= 15 is 0 Å². The molecule has 1 aliphatic heterocycles. The van der Waals surface area contributed by atoms with Crippen molar-refractivity contribution in [2.24, 2.45) is 0 Å². The third-order valence-electron chi connectivity index (χ3n) is 4.14. The number of esters is 1. The number of amides is 1. The van der Waals surface area contributed by atoms with Gasteiger partial charge >= 0.3 is 12.1 Å². The number of carbonyl (C=O) groups is 2. The molecule has 1 aromatic rings. The summed E-state index contributed by atoms with van der Waals surface area (Å²) in [7, 11) is -2.57. The third kappa shape index (κ3) is 6.03. The van der Waals surface area contributed by atoms with Crippen molar-refractivity contribution < 1.29 is 27.5 Å². The van der Waals surface area contributed by atoms with E-state index in [9.17, 15) is 18.0 Å². The monoisotopic (exact) mass is 511 g/mol. The zero-order valence-corrected chi connectivity index (χ0v) is 19.8. The van der Waals surface area contributed by atoms with E-state index in [1.165, 1.54) is 18.1 Å². The van der Waals surface area contributed by atoms with Crippen molar-refractivity contribution in [3.05, 3.63) is 27.5 Å². The minimum absolute atomic E-state index is 0.130. The molecule has 0 saturated carbocycles. The van der Waals surface area contributed by atoms with Crippen LogP contribution in [0.15, 0.2) is 16.7 Å². The van der Waals surface area contributed by atoms with Crippen LogP contribution in [0.4, 0.5) is 4.79 Å². The van der Waals surface area contributed by atoms with Crippen molar-refractivity contribution in [3.8, 4) is 0 Å². The molecule has 0 aromatic carbocycles. The third-order valence-corrected chi connectivity index (χ3v) is 6.00. The van der Waals surface area contributed by atoms with Crippen LogP contribution < -0.4 is 0 Å². The number of rotatable bonds is 3. The van der Waals surface area contributed by atoms with Gasteiger partial charge in [0, 0.05) is 13.1 Å². The minimum atomic E-state index is -3.74. The second-order valence-electron chi connectivity index (χ2n) is 7.57. The number of nitrogens with zero attached hydrogens (tertiary/aromatic N) is 3. The predicted molar refractivity (Wildman–Crippen MR) is 110 cm³/mol. The Morgan fingerprint density at radius 3 is 2.38 bits per heavy atom. The van der Waals surface area contributed by atoms with Crippen LogP contribution in [-0.2, 0) is 24.3 Å². The predicted octanol–water partition coefficient (Wildman–Crippen LogP) is 2.59. The number of ether oxygens (including phenoxy) is 2. The number of aromatic nitrogens is 1. The molecule has 1 aliphatic rings. The van der Waals surface area contributed by atoms with Gasteiger partial charge in [-0.2, -0.15) is 4.31 Å². The van der Waals surface area contributed by atoms with Crippen LogP contribution in [0.5, 0.6) is 0 Å². The number of sulfonamides is 1. The highest BCUT2D eigenvalue weighted by Crippen LogP contribution is 2.33. The molecule has 2 rings (SSSR count). The average molecular weight is 513 g/mol. The van der Waals surface area contributed by atoms with Gasteiger partial charge in [-0.15, -0.1) is 0 Å². The van der Waals surface area contributed by atoms with E-state index in [2.05, 4.69) is 20.9 Å². The molecule has 2 unspecified atom stereocenters. The van der Waals surface area contributed by atoms with Crippen LogP contribution in [0, 0.1) is 0 Å². The topological polar surface area (TPSA) is 106 Å². The summed E-state index contributed by atoms with van der Waals surface area (Å²) in [5.41, 5.74) is -0.288. The Balaban J connectivity index is 2.53. The van der Waals surface area contributed by atoms with Gasteiger partial charge in [-0.25, -0.2) is 23.0 Å². The fourth-order valence-electron chi connectivity index (χ4n) is 2.97. The summed E-state index contributed by atoms with van der Waals surface area (Å²) in [6, 6.07) is 1.18. The molecule has 29 heavy (non-hydrogen) atoms. The number of carbonyl (C=O) groups excluding carboxylic acids is 2. The second kappa shape index (κ2) is 8.75. The van der Waals surface area contributed by atoms with Crippen molar-refractivity contribution in [3.63, 3.8) is 0 Å².